The molecule has 0 atom stereocenters. The lowest BCUT2D eigenvalue weighted by Gasteiger charge is -2.19. The van der Waals surface area contributed by atoms with Crippen LogP contribution in [0.1, 0.15) is 20.8 Å². The van der Waals surface area contributed by atoms with Gasteiger partial charge in [0.15, 0.2) is 5.65 Å². The van der Waals surface area contributed by atoms with E-state index in [1.165, 1.54) is 15.3 Å². The van der Waals surface area contributed by atoms with Gasteiger partial charge in [-0.25, -0.2) is 22.2 Å². The molecule has 0 saturated carbocycles. The third kappa shape index (κ3) is 4.98. The lowest BCUT2D eigenvalue weighted by molar-refractivity contribution is 0.0636. The number of thiophene rings is 1. The molecule has 5 aromatic rings. The molecule has 0 aliphatic rings. The number of carbonyl (C=O) groups is 1. The first-order valence-electron chi connectivity index (χ1n) is 11.4. The van der Waals surface area contributed by atoms with Crippen molar-refractivity contribution in [1.82, 2.24) is 13.9 Å². The maximum absolute atomic E-state index is 13.6. The molecule has 5 rings (SSSR count). The molecule has 4 heterocycles. The molecule has 0 aliphatic carbocycles. The molecule has 4 aromatic heterocycles. The highest BCUT2D eigenvalue weighted by atomic mass is 32.2. The van der Waals surface area contributed by atoms with Gasteiger partial charge in [0.1, 0.15) is 5.60 Å². The zero-order chi connectivity index (χ0) is 26.2. The Balaban J connectivity index is 1.69. The average Bonchev–Trinajstić information content (AvgIpc) is 3.46. The first kappa shape index (κ1) is 24.7. The number of benzene rings is 1. The number of rotatable bonds is 5. The number of aromatic nitrogens is 3. The molecule has 0 saturated heterocycles. The van der Waals surface area contributed by atoms with Crippen molar-refractivity contribution < 1.29 is 17.9 Å². The Kier molecular flexibility index (Phi) is 6.30. The van der Waals surface area contributed by atoms with Crippen LogP contribution in [0.25, 0.3) is 32.6 Å². The summed E-state index contributed by atoms with van der Waals surface area (Å²) in [6.07, 6.45) is 5.98. The van der Waals surface area contributed by atoms with Gasteiger partial charge in [0.05, 0.1) is 9.90 Å². The summed E-state index contributed by atoms with van der Waals surface area (Å²) in [5.74, 6) is 0. The third-order valence-corrected chi connectivity index (χ3v) is 8.17. The van der Waals surface area contributed by atoms with Crippen molar-refractivity contribution in [2.24, 2.45) is 0 Å². The van der Waals surface area contributed by atoms with Gasteiger partial charge in [0.2, 0.25) is 0 Å². The molecular formula is C27H24N4O4S2. The van der Waals surface area contributed by atoms with E-state index in [2.05, 4.69) is 15.3 Å². The summed E-state index contributed by atoms with van der Waals surface area (Å²) in [7, 11) is -3.91. The predicted molar refractivity (Wildman–Crippen MR) is 145 cm³/mol. The number of carbonyl (C=O) groups excluding carboxylic acids is 1. The largest absolute Gasteiger partial charge is 0.444 e. The molecule has 0 radical (unpaired) electrons. The summed E-state index contributed by atoms with van der Waals surface area (Å²) < 4.78 is 33.8. The monoisotopic (exact) mass is 532 g/mol. The van der Waals surface area contributed by atoms with Crippen LogP contribution in [0, 0.1) is 0 Å². The van der Waals surface area contributed by atoms with Gasteiger partial charge in [0.25, 0.3) is 10.0 Å². The van der Waals surface area contributed by atoms with Crippen LogP contribution in [-0.2, 0) is 14.8 Å². The molecule has 0 fully saturated rings. The summed E-state index contributed by atoms with van der Waals surface area (Å²) in [4.78, 5) is 22.1. The van der Waals surface area contributed by atoms with E-state index in [1.54, 1.807) is 82.0 Å². The topological polar surface area (TPSA) is 103 Å². The Morgan fingerprint density at radius 2 is 1.76 bits per heavy atom. The molecule has 10 heteroatoms. The number of nitrogens with zero attached hydrogens (tertiary/aromatic N) is 3. The number of nitrogens with one attached hydrogen (secondary N) is 1. The molecule has 37 heavy (non-hydrogen) atoms. The lowest BCUT2D eigenvalue weighted by atomic mass is 10.0. The average molecular weight is 533 g/mol. The van der Waals surface area contributed by atoms with Crippen LogP contribution in [-0.4, -0.2) is 34.1 Å². The Hall–Kier alpha value is -4.02. The van der Waals surface area contributed by atoms with Gasteiger partial charge in [-0.15, -0.1) is 11.3 Å². The Morgan fingerprint density at radius 1 is 1.00 bits per heavy atom. The van der Waals surface area contributed by atoms with Crippen LogP contribution < -0.4 is 5.32 Å². The summed E-state index contributed by atoms with van der Waals surface area (Å²) >= 11 is 1.35. The maximum atomic E-state index is 13.6. The summed E-state index contributed by atoms with van der Waals surface area (Å²) in [5.41, 5.74) is 1.89. The van der Waals surface area contributed by atoms with Crippen LogP contribution >= 0.6 is 11.3 Å². The van der Waals surface area contributed by atoms with Crippen LogP contribution in [0.4, 0.5) is 9.80 Å². The van der Waals surface area contributed by atoms with E-state index in [9.17, 15) is 13.2 Å². The SMILES string of the molecule is CC(C)(C)OC(=O)Nc1cc(-c2cn(S(=O)(=O)c3ccccc3)c3ncccc23)c(-c2cccnc2)s1. The highest BCUT2D eigenvalue weighted by Crippen LogP contribution is 2.44. The smallest absolute Gasteiger partial charge is 0.412 e. The molecule has 0 aliphatic heterocycles. The number of ether oxygens (including phenoxy) is 1. The van der Waals surface area contributed by atoms with Crippen molar-refractivity contribution in [3.63, 3.8) is 0 Å². The molecule has 1 aromatic carbocycles. The number of anilines is 1. The second kappa shape index (κ2) is 9.45. The molecule has 0 bridgehead atoms. The van der Waals surface area contributed by atoms with E-state index in [4.69, 9.17) is 4.74 Å². The Labute approximate surface area is 218 Å². The fourth-order valence-electron chi connectivity index (χ4n) is 3.90. The molecular weight excluding hydrogens is 508 g/mol. The molecule has 188 valence electrons. The highest BCUT2D eigenvalue weighted by molar-refractivity contribution is 7.90. The van der Waals surface area contributed by atoms with Crippen LogP contribution in [0.2, 0.25) is 0 Å². The quantitative estimate of drug-likeness (QED) is 0.281. The third-order valence-electron chi connectivity index (χ3n) is 5.40. The molecule has 8 nitrogen and oxygen atoms in total. The van der Waals surface area contributed by atoms with Gasteiger partial charge < -0.3 is 4.74 Å². The van der Waals surface area contributed by atoms with Crippen LogP contribution in [0.5, 0.6) is 0 Å². The second-order valence-corrected chi connectivity index (χ2v) is 12.1. The van der Waals surface area contributed by atoms with Crippen molar-refractivity contribution >= 4 is 43.5 Å². The highest BCUT2D eigenvalue weighted by Gasteiger charge is 2.25. The van der Waals surface area contributed by atoms with Crippen molar-refractivity contribution in [3.05, 3.63) is 85.5 Å². The Bertz CT molecular complexity index is 1690. The van der Waals surface area contributed by atoms with Gasteiger partial charge in [-0.3, -0.25) is 10.3 Å². The van der Waals surface area contributed by atoms with Crippen molar-refractivity contribution in [1.29, 1.82) is 0 Å². The number of hydrogen-bond donors (Lipinski definition) is 1. The van der Waals surface area contributed by atoms with E-state index < -0.39 is 21.7 Å². The minimum atomic E-state index is -3.91. The van der Waals surface area contributed by atoms with Gasteiger partial charge in [-0.05, 0) is 57.2 Å². The van der Waals surface area contributed by atoms with Gasteiger partial charge in [-0.2, -0.15) is 0 Å². The van der Waals surface area contributed by atoms with Crippen LogP contribution in [0.15, 0.2) is 90.3 Å². The normalized spacial score (nSPS) is 12.0. The molecule has 0 unspecified atom stereocenters. The van der Waals surface area contributed by atoms with E-state index >= 15 is 0 Å². The number of amides is 1. The fraction of sp³-hybridized carbons (Fsp3) is 0.148. The maximum Gasteiger partial charge on any atom is 0.412 e. The Morgan fingerprint density at radius 3 is 2.46 bits per heavy atom. The molecule has 1 N–H and O–H groups in total. The number of pyridine rings is 2. The lowest BCUT2D eigenvalue weighted by Crippen LogP contribution is -2.26. The van der Waals surface area contributed by atoms with Crippen LogP contribution in [0.3, 0.4) is 0 Å². The fourth-order valence-corrected chi connectivity index (χ4v) is 6.30. The minimum Gasteiger partial charge on any atom is -0.444 e. The van der Waals surface area contributed by atoms with Gasteiger partial charge >= 0.3 is 6.09 Å². The minimum absolute atomic E-state index is 0.161. The van der Waals surface area contributed by atoms with E-state index in [1.807, 2.05) is 24.3 Å². The van der Waals surface area contributed by atoms with Crippen molar-refractivity contribution in [3.8, 4) is 21.6 Å². The summed E-state index contributed by atoms with van der Waals surface area (Å²) in [6, 6.07) is 17.4. The zero-order valence-electron chi connectivity index (χ0n) is 20.4. The van der Waals surface area contributed by atoms with Gasteiger partial charge in [0, 0.05) is 51.7 Å². The number of hydrogen-bond acceptors (Lipinski definition) is 7. The van der Waals surface area contributed by atoms with E-state index in [0.29, 0.717) is 21.6 Å². The second-order valence-electron chi connectivity index (χ2n) is 9.25. The van der Waals surface area contributed by atoms with Gasteiger partial charge in [-0.1, -0.05) is 24.3 Å². The van der Waals surface area contributed by atoms with E-state index in [0.717, 1.165) is 16.0 Å². The molecule has 0 spiro atoms. The predicted octanol–water partition coefficient (Wildman–Crippen LogP) is 6.41. The van der Waals surface area contributed by atoms with Crippen molar-refractivity contribution in [2.75, 3.05) is 5.32 Å². The molecule has 1 amide bonds. The summed E-state index contributed by atoms with van der Waals surface area (Å²) in [5, 5.41) is 4.02. The first-order chi connectivity index (χ1) is 17.6. The first-order valence-corrected chi connectivity index (χ1v) is 13.7. The zero-order valence-corrected chi connectivity index (χ0v) is 22.0. The standard InChI is InChI=1S/C27H24N4O4S2/c1-27(2,3)35-26(32)30-23-15-21(24(36-23)18-9-7-13-28-16-18)22-17-31(25-20(22)12-8-14-29-25)37(33,34)19-10-5-4-6-11-19/h4-17H,1-3H3,(H,30,32). The summed E-state index contributed by atoms with van der Waals surface area (Å²) in [6.45, 7) is 5.38. The van der Waals surface area contributed by atoms with E-state index in [-0.39, 0.29) is 4.90 Å². The van der Waals surface area contributed by atoms with Crippen molar-refractivity contribution in [2.45, 2.75) is 31.3 Å². The number of fused-ring (bicyclic) bond motifs is 1.